The van der Waals surface area contributed by atoms with Gasteiger partial charge in [0.2, 0.25) is 0 Å². The number of fused-ring (bicyclic) bond motifs is 1. The third kappa shape index (κ3) is 2.50. The third-order valence-electron chi connectivity index (χ3n) is 3.26. The standard InChI is InChI=1S/C15H12BrClN2S/c16-12-5-4-10(8-13(12)17)14(19-18)11-3-1-2-9-6-7-20-15(9)11/h1-8,14,19H,18H2. The molecule has 1 unspecified atom stereocenters. The second kappa shape index (κ2) is 5.84. The first-order valence-corrected chi connectivity index (χ1v) is 8.13. The highest BCUT2D eigenvalue weighted by molar-refractivity contribution is 9.10. The summed E-state index contributed by atoms with van der Waals surface area (Å²) in [5.74, 6) is 5.78. The molecule has 0 saturated heterocycles. The predicted octanol–water partition coefficient (Wildman–Crippen LogP) is 4.87. The van der Waals surface area contributed by atoms with Crippen LogP contribution in [-0.4, -0.2) is 0 Å². The number of thiophene rings is 1. The van der Waals surface area contributed by atoms with E-state index in [-0.39, 0.29) is 6.04 Å². The molecule has 3 aromatic rings. The molecule has 2 nitrogen and oxygen atoms in total. The Kier molecular flexibility index (Phi) is 4.10. The summed E-state index contributed by atoms with van der Waals surface area (Å²) in [6.07, 6.45) is 0. The van der Waals surface area contributed by atoms with Crippen LogP contribution in [0.15, 0.2) is 52.3 Å². The van der Waals surface area contributed by atoms with E-state index in [9.17, 15) is 0 Å². The third-order valence-corrected chi connectivity index (χ3v) is 5.48. The molecule has 0 bridgehead atoms. The van der Waals surface area contributed by atoms with Gasteiger partial charge >= 0.3 is 0 Å². The smallest absolute Gasteiger partial charge is 0.0724 e. The first kappa shape index (κ1) is 14.0. The van der Waals surface area contributed by atoms with Gasteiger partial charge in [-0.25, -0.2) is 5.43 Å². The monoisotopic (exact) mass is 366 g/mol. The molecule has 1 aromatic heterocycles. The van der Waals surface area contributed by atoms with Crippen LogP contribution in [-0.2, 0) is 0 Å². The van der Waals surface area contributed by atoms with Crippen molar-refractivity contribution in [1.29, 1.82) is 0 Å². The van der Waals surface area contributed by atoms with Crippen LogP contribution in [0.25, 0.3) is 10.1 Å². The van der Waals surface area contributed by atoms with Gasteiger partial charge in [0.05, 0.1) is 11.1 Å². The molecule has 3 rings (SSSR count). The molecule has 1 heterocycles. The van der Waals surface area contributed by atoms with Crippen molar-refractivity contribution >= 4 is 49.0 Å². The fourth-order valence-corrected chi connectivity index (χ4v) is 3.68. The van der Waals surface area contributed by atoms with Gasteiger partial charge in [0, 0.05) is 9.17 Å². The van der Waals surface area contributed by atoms with Crippen molar-refractivity contribution in [3.05, 3.63) is 68.5 Å². The van der Waals surface area contributed by atoms with Crippen LogP contribution in [0.5, 0.6) is 0 Å². The van der Waals surface area contributed by atoms with Crippen molar-refractivity contribution in [3.8, 4) is 0 Å². The van der Waals surface area contributed by atoms with Gasteiger partial charge in [-0.05, 0) is 56.0 Å². The minimum Gasteiger partial charge on any atom is -0.271 e. The average Bonchev–Trinajstić information content (AvgIpc) is 2.93. The van der Waals surface area contributed by atoms with Gasteiger partial charge in [-0.15, -0.1) is 11.3 Å². The molecule has 5 heteroatoms. The Morgan fingerprint density at radius 3 is 2.80 bits per heavy atom. The largest absolute Gasteiger partial charge is 0.271 e. The molecular weight excluding hydrogens is 356 g/mol. The minimum absolute atomic E-state index is 0.0806. The lowest BCUT2D eigenvalue weighted by Gasteiger charge is -2.18. The lowest BCUT2D eigenvalue weighted by Crippen LogP contribution is -2.28. The summed E-state index contributed by atoms with van der Waals surface area (Å²) in [6, 6.07) is 14.2. The summed E-state index contributed by atoms with van der Waals surface area (Å²) < 4.78 is 2.13. The summed E-state index contributed by atoms with van der Waals surface area (Å²) >= 11 is 11.3. The molecule has 0 aliphatic heterocycles. The zero-order chi connectivity index (χ0) is 14.1. The van der Waals surface area contributed by atoms with E-state index in [1.165, 1.54) is 15.6 Å². The van der Waals surface area contributed by atoms with Crippen molar-refractivity contribution in [3.63, 3.8) is 0 Å². The molecule has 0 fully saturated rings. The van der Waals surface area contributed by atoms with Crippen molar-refractivity contribution in [2.75, 3.05) is 0 Å². The van der Waals surface area contributed by atoms with Crippen LogP contribution in [0.2, 0.25) is 5.02 Å². The van der Waals surface area contributed by atoms with Gasteiger partial charge in [0.1, 0.15) is 0 Å². The molecule has 2 aromatic carbocycles. The number of nitrogens with one attached hydrogen (secondary N) is 1. The Hall–Kier alpha value is -0.910. The average molecular weight is 368 g/mol. The van der Waals surface area contributed by atoms with Crippen LogP contribution < -0.4 is 11.3 Å². The Balaban J connectivity index is 2.13. The van der Waals surface area contributed by atoms with Crippen LogP contribution in [0.1, 0.15) is 17.2 Å². The molecule has 1 atom stereocenters. The van der Waals surface area contributed by atoms with E-state index in [1.807, 2.05) is 18.2 Å². The van der Waals surface area contributed by atoms with E-state index in [0.29, 0.717) is 5.02 Å². The summed E-state index contributed by atoms with van der Waals surface area (Å²) in [5.41, 5.74) is 5.10. The van der Waals surface area contributed by atoms with Crippen molar-refractivity contribution < 1.29 is 0 Å². The topological polar surface area (TPSA) is 38.0 Å². The summed E-state index contributed by atoms with van der Waals surface area (Å²) in [4.78, 5) is 0. The first-order chi connectivity index (χ1) is 9.70. The first-order valence-electron chi connectivity index (χ1n) is 6.08. The van der Waals surface area contributed by atoms with Crippen molar-refractivity contribution in [2.45, 2.75) is 6.04 Å². The van der Waals surface area contributed by atoms with Crippen LogP contribution in [0.4, 0.5) is 0 Å². The second-order valence-electron chi connectivity index (χ2n) is 4.46. The molecule has 20 heavy (non-hydrogen) atoms. The molecule has 0 saturated carbocycles. The number of hydrazine groups is 1. The Bertz CT molecular complexity index is 756. The molecule has 0 aliphatic carbocycles. The normalized spacial score (nSPS) is 12.8. The van der Waals surface area contributed by atoms with E-state index in [0.717, 1.165) is 10.0 Å². The molecule has 0 spiro atoms. The maximum atomic E-state index is 6.19. The number of hydrogen-bond acceptors (Lipinski definition) is 3. The fraction of sp³-hybridized carbons (Fsp3) is 0.0667. The van der Waals surface area contributed by atoms with Gasteiger partial charge < -0.3 is 0 Å². The van der Waals surface area contributed by atoms with E-state index in [2.05, 4.69) is 51.0 Å². The van der Waals surface area contributed by atoms with Gasteiger partial charge in [0.15, 0.2) is 0 Å². The SMILES string of the molecule is NNC(c1ccc(Br)c(Cl)c1)c1cccc2ccsc12. The highest BCUT2D eigenvalue weighted by Crippen LogP contribution is 2.34. The molecule has 102 valence electrons. The van der Waals surface area contributed by atoms with Gasteiger partial charge in [-0.3, -0.25) is 5.84 Å². The zero-order valence-electron chi connectivity index (χ0n) is 10.4. The van der Waals surface area contributed by atoms with Gasteiger partial charge in [0.25, 0.3) is 0 Å². The lowest BCUT2D eigenvalue weighted by molar-refractivity contribution is 0.641. The summed E-state index contributed by atoms with van der Waals surface area (Å²) in [5, 5.41) is 4.01. The Morgan fingerprint density at radius 2 is 2.05 bits per heavy atom. The number of nitrogens with two attached hydrogens (primary N) is 1. The predicted molar refractivity (Wildman–Crippen MR) is 90.1 cm³/mol. The van der Waals surface area contributed by atoms with E-state index < -0.39 is 0 Å². The molecule has 3 N–H and O–H groups in total. The number of rotatable bonds is 3. The Labute approximate surface area is 134 Å². The van der Waals surface area contributed by atoms with E-state index >= 15 is 0 Å². The summed E-state index contributed by atoms with van der Waals surface area (Å²) in [7, 11) is 0. The zero-order valence-corrected chi connectivity index (χ0v) is 13.6. The van der Waals surface area contributed by atoms with Gasteiger partial charge in [-0.1, -0.05) is 35.9 Å². The van der Waals surface area contributed by atoms with Gasteiger partial charge in [-0.2, -0.15) is 0 Å². The maximum absolute atomic E-state index is 6.19. The highest BCUT2D eigenvalue weighted by Gasteiger charge is 2.16. The second-order valence-corrected chi connectivity index (χ2v) is 6.64. The number of benzene rings is 2. The van der Waals surface area contributed by atoms with Crippen LogP contribution in [0, 0.1) is 0 Å². The summed E-state index contributed by atoms with van der Waals surface area (Å²) in [6.45, 7) is 0. The quantitative estimate of drug-likeness (QED) is 0.512. The van der Waals surface area contributed by atoms with Crippen LogP contribution in [0.3, 0.4) is 0 Å². The molecule has 0 amide bonds. The number of hydrogen-bond donors (Lipinski definition) is 2. The Morgan fingerprint density at radius 1 is 1.20 bits per heavy atom. The van der Waals surface area contributed by atoms with E-state index in [1.54, 1.807) is 11.3 Å². The minimum atomic E-state index is -0.0806. The van der Waals surface area contributed by atoms with Crippen molar-refractivity contribution in [1.82, 2.24) is 5.43 Å². The highest BCUT2D eigenvalue weighted by atomic mass is 79.9. The number of halogens is 2. The van der Waals surface area contributed by atoms with E-state index in [4.69, 9.17) is 17.4 Å². The lowest BCUT2D eigenvalue weighted by atomic mass is 9.98. The van der Waals surface area contributed by atoms with Crippen LogP contribution >= 0.6 is 38.9 Å². The van der Waals surface area contributed by atoms with Crippen molar-refractivity contribution in [2.24, 2.45) is 5.84 Å². The fourth-order valence-electron chi connectivity index (χ4n) is 2.30. The molecule has 0 aliphatic rings. The maximum Gasteiger partial charge on any atom is 0.0724 e. The molecule has 0 radical (unpaired) electrons. The molecular formula is C15H12BrClN2S.